The van der Waals surface area contributed by atoms with Crippen LogP contribution in [0.4, 0.5) is 10.1 Å². The Bertz CT molecular complexity index is 573. The van der Waals surface area contributed by atoms with Crippen molar-refractivity contribution in [2.45, 2.75) is 31.7 Å². The topological polar surface area (TPSA) is 72.6 Å². The van der Waals surface area contributed by atoms with Crippen molar-refractivity contribution in [2.75, 3.05) is 26.0 Å². The minimum absolute atomic E-state index is 0.0289. The van der Waals surface area contributed by atoms with E-state index in [0.29, 0.717) is 5.56 Å². The second-order valence-electron chi connectivity index (χ2n) is 4.84. The first-order valence-electron chi connectivity index (χ1n) is 6.28. The highest BCUT2D eigenvalue weighted by molar-refractivity contribution is 7.89. The standard InChI is InChI=1S/C13H21FN2O3S/c1-9(2)16(5-6-19-4)20(17,18)13-8-12(15)11(14)7-10(13)3/h7-9H,5-6,15H2,1-4H3. The number of aryl methyl sites for hydroxylation is 1. The summed E-state index contributed by atoms with van der Waals surface area (Å²) in [5.74, 6) is -0.616. The predicted octanol–water partition coefficient (Wildman–Crippen LogP) is 1.76. The smallest absolute Gasteiger partial charge is 0.243 e. The van der Waals surface area contributed by atoms with Crippen molar-refractivity contribution in [1.29, 1.82) is 0 Å². The summed E-state index contributed by atoms with van der Waals surface area (Å²) < 4.78 is 44.9. The number of methoxy groups -OCH3 is 1. The Kier molecular flexibility index (Phi) is 5.50. The maximum Gasteiger partial charge on any atom is 0.243 e. The third-order valence-corrected chi connectivity index (χ3v) is 5.19. The molecule has 114 valence electrons. The van der Waals surface area contributed by atoms with E-state index < -0.39 is 15.8 Å². The molecule has 0 fully saturated rings. The first kappa shape index (κ1) is 16.9. The Morgan fingerprint density at radius 1 is 1.40 bits per heavy atom. The number of hydrogen-bond donors (Lipinski definition) is 1. The molecule has 0 aliphatic carbocycles. The summed E-state index contributed by atoms with van der Waals surface area (Å²) in [5, 5.41) is 0. The van der Waals surface area contributed by atoms with Crippen molar-refractivity contribution < 1.29 is 17.5 Å². The Morgan fingerprint density at radius 2 is 2.00 bits per heavy atom. The Balaban J connectivity index is 3.29. The highest BCUT2D eigenvalue weighted by Crippen LogP contribution is 2.25. The van der Waals surface area contributed by atoms with E-state index in [0.717, 1.165) is 6.07 Å². The van der Waals surface area contributed by atoms with Gasteiger partial charge in [-0.3, -0.25) is 0 Å². The van der Waals surface area contributed by atoms with Crippen LogP contribution in [-0.2, 0) is 14.8 Å². The quantitative estimate of drug-likeness (QED) is 0.813. The number of anilines is 1. The number of nitrogen functional groups attached to an aromatic ring is 1. The fourth-order valence-electron chi connectivity index (χ4n) is 1.91. The number of nitrogens with zero attached hydrogens (tertiary/aromatic N) is 1. The first-order valence-corrected chi connectivity index (χ1v) is 7.72. The molecule has 0 amide bonds. The van der Waals surface area contributed by atoms with E-state index in [1.54, 1.807) is 20.8 Å². The van der Waals surface area contributed by atoms with E-state index in [9.17, 15) is 12.8 Å². The number of ether oxygens (including phenoxy) is 1. The normalized spacial score (nSPS) is 12.3. The van der Waals surface area contributed by atoms with Crippen LogP contribution in [0.15, 0.2) is 17.0 Å². The van der Waals surface area contributed by atoms with Crippen molar-refractivity contribution in [3.05, 3.63) is 23.5 Å². The van der Waals surface area contributed by atoms with Crippen LogP contribution >= 0.6 is 0 Å². The van der Waals surface area contributed by atoms with Gasteiger partial charge in [0.05, 0.1) is 17.2 Å². The average molecular weight is 304 g/mol. The van der Waals surface area contributed by atoms with E-state index in [2.05, 4.69) is 0 Å². The van der Waals surface area contributed by atoms with Gasteiger partial charge in [0.1, 0.15) is 5.82 Å². The van der Waals surface area contributed by atoms with Gasteiger partial charge in [-0.1, -0.05) is 0 Å². The van der Waals surface area contributed by atoms with Crippen molar-refractivity contribution in [3.63, 3.8) is 0 Å². The molecule has 0 unspecified atom stereocenters. The monoisotopic (exact) mass is 304 g/mol. The molecule has 1 rings (SSSR count). The largest absolute Gasteiger partial charge is 0.396 e. The van der Waals surface area contributed by atoms with Crippen LogP contribution in [0.2, 0.25) is 0 Å². The van der Waals surface area contributed by atoms with Gasteiger partial charge in [-0.15, -0.1) is 0 Å². The zero-order valence-electron chi connectivity index (χ0n) is 12.2. The lowest BCUT2D eigenvalue weighted by molar-refractivity contribution is 0.171. The molecule has 0 bridgehead atoms. The van der Waals surface area contributed by atoms with Crippen LogP contribution in [0, 0.1) is 12.7 Å². The third kappa shape index (κ3) is 3.47. The number of benzene rings is 1. The van der Waals surface area contributed by atoms with E-state index in [-0.39, 0.29) is 29.8 Å². The van der Waals surface area contributed by atoms with Crippen molar-refractivity contribution in [1.82, 2.24) is 4.31 Å². The van der Waals surface area contributed by atoms with Gasteiger partial charge in [0.15, 0.2) is 0 Å². The van der Waals surface area contributed by atoms with E-state index >= 15 is 0 Å². The first-order chi connectivity index (χ1) is 9.21. The summed E-state index contributed by atoms with van der Waals surface area (Å²) in [7, 11) is -2.23. The molecule has 0 aliphatic rings. The molecule has 0 heterocycles. The summed E-state index contributed by atoms with van der Waals surface area (Å²) in [6.45, 7) is 5.61. The third-order valence-electron chi connectivity index (χ3n) is 2.97. The lowest BCUT2D eigenvalue weighted by Gasteiger charge is -2.26. The maximum absolute atomic E-state index is 13.4. The fourth-order valence-corrected chi connectivity index (χ4v) is 3.77. The van der Waals surface area contributed by atoms with Gasteiger partial charge in [-0.05, 0) is 38.5 Å². The van der Waals surface area contributed by atoms with Crippen LogP contribution in [0.3, 0.4) is 0 Å². The fraction of sp³-hybridized carbons (Fsp3) is 0.538. The minimum Gasteiger partial charge on any atom is -0.396 e. The Morgan fingerprint density at radius 3 is 2.50 bits per heavy atom. The molecule has 0 radical (unpaired) electrons. The van der Waals surface area contributed by atoms with Crippen molar-refractivity contribution in [2.24, 2.45) is 0 Å². The van der Waals surface area contributed by atoms with Crippen LogP contribution in [0.1, 0.15) is 19.4 Å². The maximum atomic E-state index is 13.4. The molecule has 0 atom stereocenters. The van der Waals surface area contributed by atoms with E-state index in [1.807, 2.05) is 0 Å². The summed E-state index contributed by atoms with van der Waals surface area (Å²) in [4.78, 5) is 0.0289. The zero-order valence-corrected chi connectivity index (χ0v) is 13.0. The van der Waals surface area contributed by atoms with E-state index in [4.69, 9.17) is 10.5 Å². The summed E-state index contributed by atoms with van der Waals surface area (Å²) in [6, 6.07) is 2.07. The van der Waals surface area contributed by atoms with E-state index in [1.165, 1.54) is 17.5 Å². The summed E-state index contributed by atoms with van der Waals surface area (Å²) in [5.41, 5.74) is 5.64. The number of hydrogen-bond acceptors (Lipinski definition) is 4. The van der Waals surface area contributed by atoms with Gasteiger partial charge >= 0.3 is 0 Å². The second-order valence-corrected chi connectivity index (χ2v) is 6.70. The second kappa shape index (κ2) is 6.51. The molecule has 2 N–H and O–H groups in total. The number of rotatable bonds is 6. The Hall–Kier alpha value is -1.18. The molecule has 0 saturated heterocycles. The molecule has 20 heavy (non-hydrogen) atoms. The molecule has 0 saturated carbocycles. The van der Waals surface area contributed by atoms with Gasteiger partial charge in [0, 0.05) is 19.7 Å². The SMILES string of the molecule is COCCN(C(C)C)S(=O)(=O)c1cc(N)c(F)cc1C. The van der Waals surface area contributed by atoms with Gasteiger partial charge in [0.2, 0.25) is 10.0 Å². The molecule has 1 aromatic carbocycles. The van der Waals surface area contributed by atoms with Crippen LogP contribution in [-0.4, -0.2) is 39.0 Å². The molecule has 5 nitrogen and oxygen atoms in total. The van der Waals surface area contributed by atoms with Crippen molar-refractivity contribution >= 4 is 15.7 Å². The molecule has 1 aromatic rings. The van der Waals surface area contributed by atoms with Crippen LogP contribution in [0.25, 0.3) is 0 Å². The molecule has 0 aliphatic heterocycles. The van der Waals surface area contributed by atoms with Gasteiger partial charge < -0.3 is 10.5 Å². The predicted molar refractivity (Wildman–Crippen MR) is 76.5 cm³/mol. The minimum atomic E-state index is -3.74. The Labute approximate surface area is 119 Å². The highest BCUT2D eigenvalue weighted by atomic mass is 32.2. The summed E-state index contributed by atoms with van der Waals surface area (Å²) >= 11 is 0. The number of sulfonamides is 1. The highest BCUT2D eigenvalue weighted by Gasteiger charge is 2.28. The van der Waals surface area contributed by atoms with Crippen LogP contribution in [0.5, 0.6) is 0 Å². The summed E-state index contributed by atoms with van der Waals surface area (Å²) in [6.07, 6.45) is 0. The lowest BCUT2D eigenvalue weighted by atomic mass is 10.2. The van der Waals surface area contributed by atoms with Crippen molar-refractivity contribution in [3.8, 4) is 0 Å². The van der Waals surface area contributed by atoms with Gasteiger partial charge in [-0.25, -0.2) is 12.8 Å². The zero-order chi connectivity index (χ0) is 15.5. The van der Waals surface area contributed by atoms with Crippen LogP contribution < -0.4 is 5.73 Å². The molecular weight excluding hydrogens is 283 g/mol. The number of nitrogens with two attached hydrogens (primary N) is 1. The van der Waals surface area contributed by atoms with Gasteiger partial charge in [-0.2, -0.15) is 4.31 Å². The van der Waals surface area contributed by atoms with Gasteiger partial charge in [0.25, 0.3) is 0 Å². The molecule has 0 spiro atoms. The molecule has 0 aromatic heterocycles. The molecule has 7 heteroatoms. The average Bonchev–Trinajstić information content (AvgIpc) is 2.33. The lowest BCUT2D eigenvalue weighted by Crippen LogP contribution is -2.39. The molecular formula is C13H21FN2O3S. The number of halogens is 1.